The summed E-state index contributed by atoms with van der Waals surface area (Å²) in [4.78, 5) is 16.5. The van der Waals surface area contributed by atoms with E-state index >= 15 is 0 Å². The van der Waals surface area contributed by atoms with Crippen LogP contribution in [0.1, 0.15) is 11.3 Å². The Morgan fingerprint density at radius 3 is 2.25 bits per heavy atom. The zero-order chi connectivity index (χ0) is 19.3. The summed E-state index contributed by atoms with van der Waals surface area (Å²) in [5.74, 6) is 0.441. The Labute approximate surface area is 169 Å². The average molecular weight is 399 g/mol. The lowest BCUT2D eigenvalue weighted by atomic mass is 10.1. The van der Waals surface area contributed by atoms with Crippen LogP contribution in [0.4, 0.5) is 0 Å². The lowest BCUT2D eigenvalue weighted by Crippen LogP contribution is -2.46. The molecule has 1 aliphatic heterocycles. The molecule has 1 saturated heterocycles. The van der Waals surface area contributed by atoms with Gasteiger partial charge < -0.3 is 13.7 Å². The highest BCUT2D eigenvalue weighted by Gasteiger charge is 2.20. The van der Waals surface area contributed by atoms with Gasteiger partial charge in [0.2, 0.25) is 0 Å². The molecule has 2 aromatic carbocycles. The summed E-state index contributed by atoms with van der Waals surface area (Å²) in [7, 11) is 0. The minimum Gasteiger partial charge on any atom is -0.395 e. The molecule has 3 aromatic rings. The van der Waals surface area contributed by atoms with Crippen LogP contribution in [0, 0.1) is 0 Å². The maximum Gasteiger partial charge on any atom is 0.519 e. The molecule has 6 heteroatoms. The predicted octanol–water partition coefficient (Wildman–Crippen LogP) is 3.91. The Hall–Kier alpha value is -2.34. The molecule has 0 bridgehead atoms. The van der Waals surface area contributed by atoms with Crippen LogP contribution in [0.15, 0.2) is 68.2 Å². The molecular weight excluding hydrogens is 376 g/mol. The molecule has 0 radical (unpaired) electrons. The average Bonchev–Trinajstić information content (AvgIpc) is 3.09. The molecule has 0 amide bonds. The van der Waals surface area contributed by atoms with Gasteiger partial charge in [-0.1, -0.05) is 41.9 Å². The van der Waals surface area contributed by atoms with Crippen molar-refractivity contribution in [2.45, 2.75) is 13.0 Å². The molecule has 0 atom stereocenters. The SMILES string of the molecule is O=c1oc(CCN2CCN(Cc3ccccc3)CC2)c(-c2ccc(Cl)cc2)o1. The van der Waals surface area contributed by atoms with Crippen LogP contribution >= 0.6 is 11.6 Å². The van der Waals surface area contributed by atoms with Gasteiger partial charge in [0.05, 0.1) is 0 Å². The van der Waals surface area contributed by atoms with E-state index < -0.39 is 5.82 Å². The van der Waals surface area contributed by atoms with Crippen molar-refractivity contribution in [2.24, 2.45) is 0 Å². The normalized spacial score (nSPS) is 15.8. The molecule has 2 heterocycles. The maximum absolute atomic E-state index is 11.6. The first kappa shape index (κ1) is 19.0. The van der Waals surface area contributed by atoms with Gasteiger partial charge in [0.1, 0.15) is 0 Å². The second-order valence-corrected chi connectivity index (χ2v) is 7.50. The quantitative estimate of drug-likeness (QED) is 0.630. The van der Waals surface area contributed by atoms with Gasteiger partial charge in [0, 0.05) is 56.3 Å². The third kappa shape index (κ3) is 4.73. The molecule has 1 aromatic heterocycles. The Balaban J connectivity index is 1.32. The van der Waals surface area contributed by atoms with Crippen LogP contribution in [-0.2, 0) is 13.0 Å². The van der Waals surface area contributed by atoms with Gasteiger partial charge in [-0.2, -0.15) is 0 Å². The third-order valence-corrected chi connectivity index (χ3v) is 5.37. The highest BCUT2D eigenvalue weighted by Crippen LogP contribution is 2.25. The van der Waals surface area contributed by atoms with E-state index in [2.05, 4.69) is 34.1 Å². The molecule has 4 rings (SSSR count). The summed E-state index contributed by atoms with van der Waals surface area (Å²) in [6, 6.07) is 17.8. The number of hydrogen-bond donors (Lipinski definition) is 0. The van der Waals surface area contributed by atoms with Crippen molar-refractivity contribution in [2.75, 3.05) is 32.7 Å². The summed E-state index contributed by atoms with van der Waals surface area (Å²) >= 11 is 5.94. The zero-order valence-corrected chi connectivity index (χ0v) is 16.4. The summed E-state index contributed by atoms with van der Waals surface area (Å²) in [5.41, 5.74) is 2.15. The van der Waals surface area contributed by atoms with Crippen molar-refractivity contribution < 1.29 is 8.83 Å². The molecule has 5 nitrogen and oxygen atoms in total. The molecule has 1 aliphatic rings. The fourth-order valence-electron chi connectivity index (χ4n) is 3.57. The number of nitrogens with zero attached hydrogens (tertiary/aromatic N) is 2. The lowest BCUT2D eigenvalue weighted by Gasteiger charge is -2.34. The zero-order valence-electron chi connectivity index (χ0n) is 15.6. The van der Waals surface area contributed by atoms with Crippen LogP contribution in [0.3, 0.4) is 0 Å². The largest absolute Gasteiger partial charge is 0.519 e. The molecule has 0 aliphatic carbocycles. The second-order valence-electron chi connectivity index (χ2n) is 7.07. The van der Waals surface area contributed by atoms with E-state index in [-0.39, 0.29) is 0 Å². The predicted molar refractivity (Wildman–Crippen MR) is 110 cm³/mol. The molecule has 0 N–H and O–H groups in total. The van der Waals surface area contributed by atoms with Crippen LogP contribution in [0.25, 0.3) is 11.3 Å². The van der Waals surface area contributed by atoms with Crippen LogP contribution in [0.5, 0.6) is 0 Å². The van der Waals surface area contributed by atoms with E-state index in [1.165, 1.54) is 5.56 Å². The Morgan fingerprint density at radius 1 is 0.857 bits per heavy atom. The fourth-order valence-corrected chi connectivity index (χ4v) is 3.69. The summed E-state index contributed by atoms with van der Waals surface area (Å²) in [6.07, 6.45) is 0.641. The van der Waals surface area contributed by atoms with E-state index in [4.69, 9.17) is 20.4 Å². The van der Waals surface area contributed by atoms with E-state index in [1.807, 2.05) is 18.2 Å². The first-order valence-corrected chi connectivity index (χ1v) is 9.92. The first-order valence-electron chi connectivity index (χ1n) is 9.55. The highest BCUT2D eigenvalue weighted by atomic mass is 35.5. The number of piperazine rings is 1. The molecule has 0 unspecified atom stereocenters. The van der Waals surface area contributed by atoms with Gasteiger partial charge in [0.15, 0.2) is 11.5 Å². The Morgan fingerprint density at radius 2 is 1.54 bits per heavy atom. The number of halogens is 1. The van der Waals surface area contributed by atoms with Crippen LogP contribution < -0.4 is 5.82 Å². The van der Waals surface area contributed by atoms with Gasteiger partial charge in [-0.3, -0.25) is 4.90 Å². The van der Waals surface area contributed by atoms with Crippen molar-refractivity contribution in [3.63, 3.8) is 0 Å². The molecule has 1 fully saturated rings. The van der Waals surface area contributed by atoms with E-state index in [0.717, 1.165) is 44.8 Å². The monoisotopic (exact) mass is 398 g/mol. The first-order chi connectivity index (χ1) is 13.7. The topological polar surface area (TPSA) is 49.8 Å². The van der Waals surface area contributed by atoms with Gasteiger partial charge in [-0.05, 0) is 29.8 Å². The molecule has 28 heavy (non-hydrogen) atoms. The van der Waals surface area contributed by atoms with Gasteiger partial charge in [-0.15, -0.1) is 0 Å². The summed E-state index contributed by atoms with van der Waals surface area (Å²) in [5, 5.41) is 0.643. The Bertz CT molecular complexity index is 942. The standard InChI is InChI=1S/C22H23ClN2O3/c23-19-8-6-18(7-9-19)21-20(27-22(26)28-21)10-11-24-12-14-25(15-13-24)16-17-4-2-1-3-5-17/h1-9H,10-16H2. The third-order valence-electron chi connectivity index (χ3n) is 5.12. The van der Waals surface area contributed by atoms with E-state index in [1.54, 1.807) is 12.1 Å². The smallest absolute Gasteiger partial charge is 0.395 e. The fraction of sp³-hybridized carbons (Fsp3) is 0.318. The van der Waals surface area contributed by atoms with Gasteiger partial charge >= 0.3 is 5.82 Å². The number of hydrogen-bond acceptors (Lipinski definition) is 5. The van der Waals surface area contributed by atoms with Crippen molar-refractivity contribution in [3.05, 3.63) is 81.6 Å². The van der Waals surface area contributed by atoms with Crippen LogP contribution in [-0.4, -0.2) is 42.5 Å². The summed E-state index contributed by atoms with van der Waals surface area (Å²) < 4.78 is 10.6. The van der Waals surface area contributed by atoms with Gasteiger partial charge in [-0.25, -0.2) is 4.79 Å². The minimum atomic E-state index is -0.660. The number of benzene rings is 2. The van der Waals surface area contributed by atoms with E-state index in [9.17, 15) is 4.79 Å². The van der Waals surface area contributed by atoms with Gasteiger partial charge in [0.25, 0.3) is 0 Å². The minimum absolute atomic E-state index is 0.504. The van der Waals surface area contributed by atoms with Crippen molar-refractivity contribution >= 4 is 11.6 Å². The van der Waals surface area contributed by atoms with Crippen molar-refractivity contribution in [1.82, 2.24) is 9.80 Å². The molecule has 0 spiro atoms. The van der Waals surface area contributed by atoms with Crippen molar-refractivity contribution in [1.29, 1.82) is 0 Å². The second kappa shape index (κ2) is 8.78. The number of rotatable bonds is 6. The Kier molecular flexibility index (Phi) is 5.95. The highest BCUT2D eigenvalue weighted by molar-refractivity contribution is 6.30. The summed E-state index contributed by atoms with van der Waals surface area (Å²) in [6.45, 7) is 5.91. The molecular formula is C22H23ClN2O3. The van der Waals surface area contributed by atoms with Crippen LogP contribution in [0.2, 0.25) is 5.02 Å². The van der Waals surface area contributed by atoms with E-state index in [0.29, 0.717) is 23.0 Å². The molecule has 146 valence electrons. The molecule has 0 saturated carbocycles. The maximum atomic E-state index is 11.6. The van der Waals surface area contributed by atoms with Crippen molar-refractivity contribution in [3.8, 4) is 11.3 Å². The lowest BCUT2D eigenvalue weighted by molar-refractivity contribution is 0.127.